The maximum absolute atomic E-state index is 13.5. The molecule has 2 unspecified atom stereocenters. The van der Waals surface area contributed by atoms with Crippen molar-refractivity contribution in [1.29, 1.82) is 0 Å². The first-order chi connectivity index (χ1) is 15.1. The zero-order valence-corrected chi connectivity index (χ0v) is 17.4. The van der Waals surface area contributed by atoms with Crippen molar-refractivity contribution in [2.45, 2.75) is 44.5 Å². The lowest BCUT2D eigenvalue weighted by Crippen LogP contribution is -2.58. The molecule has 2 atom stereocenters. The van der Waals surface area contributed by atoms with Crippen LogP contribution in [0.25, 0.3) is 0 Å². The van der Waals surface area contributed by atoms with Gasteiger partial charge in [0.25, 0.3) is 5.91 Å². The van der Waals surface area contributed by atoms with Crippen LogP contribution in [0.15, 0.2) is 18.2 Å². The Hall–Kier alpha value is -3.03. The van der Waals surface area contributed by atoms with E-state index in [0.717, 1.165) is 26.0 Å². The Bertz CT molecular complexity index is 922. The van der Waals surface area contributed by atoms with Crippen molar-refractivity contribution in [2.24, 2.45) is 5.41 Å². The fourth-order valence-corrected chi connectivity index (χ4v) is 2.76. The number of alkyl halides is 5. The van der Waals surface area contributed by atoms with E-state index in [0.29, 0.717) is 0 Å². The van der Waals surface area contributed by atoms with Crippen LogP contribution >= 0.6 is 0 Å². The molecular weight excluding hydrogens is 464 g/mol. The molecule has 1 aromatic carbocycles. The highest BCUT2D eigenvalue weighted by molar-refractivity contribution is 6.07. The molecule has 14 heteroatoms. The van der Waals surface area contributed by atoms with Gasteiger partial charge in [-0.1, -0.05) is 0 Å². The Balaban J connectivity index is 2.18. The normalized spacial score (nSPS) is 19.0. The first kappa shape index (κ1) is 26.2. The number of aliphatic hydroxyl groups excluding tert-OH is 1. The number of fused-ring (bicyclic) bond motifs is 1. The third kappa shape index (κ3) is 5.86. The van der Waals surface area contributed by atoms with Gasteiger partial charge in [0.05, 0.1) is 12.2 Å². The lowest BCUT2D eigenvalue weighted by molar-refractivity contribution is -0.278. The molecule has 1 heterocycles. The second-order valence-electron chi connectivity index (χ2n) is 7.76. The molecule has 0 fully saturated rings. The summed E-state index contributed by atoms with van der Waals surface area (Å²) in [6, 6.07) is 1.68. The minimum Gasteiger partial charge on any atom is -0.485 e. The summed E-state index contributed by atoms with van der Waals surface area (Å²) >= 11 is 0. The first-order valence-electron chi connectivity index (χ1n) is 9.52. The highest BCUT2D eigenvalue weighted by Gasteiger charge is 2.57. The fraction of sp³-hybridized carbons (Fsp3) is 0.526. The smallest absolute Gasteiger partial charge is 0.455 e. The van der Waals surface area contributed by atoms with Crippen molar-refractivity contribution in [1.82, 2.24) is 10.6 Å². The van der Waals surface area contributed by atoms with Gasteiger partial charge in [-0.2, -0.15) is 22.0 Å². The number of benzene rings is 1. The summed E-state index contributed by atoms with van der Waals surface area (Å²) in [5, 5.41) is 15.2. The van der Waals surface area contributed by atoms with Crippen LogP contribution in [-0.2, 0) is 14.4 Å². The molecule has 2 rings (SSSR count). The summed E-state index contributed by atoms with van der Waals surface area (Å²) in [7, 11) is 0. The minimum atomic E-state index is -5.91. The lowest BCUT2D eigenvalue weighted by atomic mass is 9.90. The van der Waals surface area contributed by atoms with Crippen LogP contribution in [-0.4, -0.2) is 60.2 Å². The van der Waals surface area contributed by atoms with Crippen LogP contribution in [0.2, 0.25) is 0 Å². The fourth-order valence-electron chi connectivity index (χ4n) is 2.76. The van der Waals surface area contributed by atoms with E-state index in [4.69, 9.17) is 4.74 Å². The molecule has 3 amide bonds. The van der Waals surface area contributed by atoms with E-state index in [9.17, 15) is 45.8 Å². The van der Waals surface area contributed by atoms with E-state index in [2.05, 4.69) is 10.6 Å². The van der Waals surface area contributed by atoms with E-state index < -0.39 is 66.4 Å². The summed E-state index contributed by atoms with van der Waals surface area (Å²) in [4.78, 5) is 37.5. The second-order valence-corrected chi connectivity index (χ2v) is 7.76. The van der Waals surface area contributed by atoms with Crippen molar-refractivity contribution < 1.29 is 50.6 Å². The quantitative estimate of drug-likeness (QED) is 0.347. The van der Waals surface area contributed by atoms with Gasteiger partial charge in [-0.15, -0.1) is 0 Å². The number of carbonyl (C=O) groups excluding carboxylic acids is 3. The number of carbonyl (C=O) groups is 3. The molecule has 4 N–H and O–H groups in total. The average Bonchev–Trinajstić information content (AvgIpc) is 2.82. The number of hydrogen-bond acceptors (Lipinski definition) is 5. The first-order valence-corrected chi connectivity index (χ1v) is 9.52. The maximum atomic E-state index is 13.5. The van der Waals surface area contributed by atoms with E-state index in [1.165, 1.54) is 11.4 Å². The summed E-state index contributed by atoms with van der Waals surface area (Å²) in [5.41, 5.74) is -2.25. The molecule has 33 heavy (non-hydrogen) atoms. The number of nitrogens with one attached hydrogen (secondary N) is 3. The van der Waals surface area contributed by atoms with Gasteiger partial charge in [0, 0.05) is 19.1 Å². The molecule has 0 saturated heterocycles. The Morgan fingerprint density at radius 3 is 2.36 bits per heavy atom. The van der Waals surface area contributed by atoms with Crippen molar-refractivity contribution in [3.05, 3.63) is 24.0 Å². The molecular formula is C19H21F6N3O5. The molecule has 1 aromatic rings. The second kappa shape index (κ2) is 9.45. The van der Waals surface area contributed by atoms with Crippen LogP contribution in [0.3, 0.4) is 0 Å². The van der Waals surface area contributed by atoms with Gasteiger partial charge in [0.15, 0.2) is 0 Å². The Labute approximate surface area is 183 Å². The van der Waals surface area contributed by atoms with Crippen molar-refractivity contribution in [2.75, 3.05) is 18.5 Å². The molecule has 1 aliphatic heterocycles. The van der Waals surface area contributed by atoms with E-state index in [1.54, 1.807) is 0 Å². The number of ether oxygens (including phenoxy) is 1. The molecule has 0 bridgehead atoms. The topological polar surface area (TPSA) is 117 Å². The Kier molecular flexibility index (Phi) is 7.51. The summed E-state index contributed by atoms with van der Waals surface area (Å²) in [6.07, 6.45) is -7.27. The van der Waals surface area contributed by atoms with Crippen LogP contribution in [0.1, 0.15) is 20.3 Å². The van der Waals surface area contributed by atoms with Crippen LogP contribution < -0.4 is 20.7 Å². The van der Waals surface area contributed by atoms with Gasteiger partial charge in [-0.25, -0.2) is 4.39 Å². The number of anilines is 1. The summed E-state index contributed by atoms with van der Waals surface area (Å²) < 4.78 is 82.2. The zero-order valence-electron chi connectivity index (χ0n) is 17.4. The van der Waals surface area contributed by atoms with Crippen LogP contribution in [0, 0.1) is 11.2 Å². The number of halogens is 6. The number of amides is 3. The summed E-state index contributed by atoms with van der Waals surface area (Å²) in [6.45, 7) is -0.682. The van der Waals surface area contributed by atoms with Gasteiger partial charge >= 0.3 is 12.1 Å². The average molecular weight is 485 g/mol. The molecule has 0 aliphatic carbocycles. The molecule has 184 valence electrons. The van der Waals surface area contributed by atoms with Gasteiger partial charge in [-0.3, -0.25) is 14.4 Å². The zero-order chi connectivity index (χ0) is 25.2. The molecule has 0 radical (unpaired) electrons. The maximum Gasteiger partial charge on any atom is 0.455 e. The molecule has 1 aliphatic rings. The third-order valence-electron chi connectivity index (χ3n) is 4.85. The molecule has 8 nitrogen and oxygen atoms in total. The molecule has 0 aromatic heterocycles. The van der Waals surface area contributed by atoms with Gasteiger partial charge in [0.1, 0.15) is 29.1 Å². The standard InChI is InChI=1S/C19H21F6N3O5/c1-17(2,15(31)26-8-18(21,22)19(23,24)25)16(32)28-13-12(5-6-29)33-11-4-3-9(20)7-10(11)27-14(13)30/h3-4,7,12-13,29H,5-6,8H2,1-2H3,(H,26,31)(H,27,30)(H,28,32). The van der Waals surface area contributed by atoms with Gasteiger partial charge in [-0.05, 0) is 26.0 Å². The van der Waals surface area contributed by atoms with Crippen LogP contribution in [0.5, 0.6) is 5.75 Å². The molecule has 0 saturated carbocycles. The number of aliphatic hydroxyl groups is 1. The largest absolute Gasteiger partial charge is 0.485 e. The third-order valence-corrected chi connectivity index (χ3v) is 4.85. The number of rotatable bonds is 7. The summed E-state index contributed by atoms with van der Waals surface area (Å²) in [5.74, 6) is -9.44. The predicted molar refractivity (Wildman–Crippen MR) is 101 cm³/mol. The highest BCUT2D eigenvalue weighted by atomic mass is 19.4. The van der Waals surface area contributed by atoms with Gasteiger partial charge < -0.3 is 25.8 Å². The molecule has 0 spiro atoms. The monoisotopic (exact) mass is 485 g/mol. The van der Waals surface area contributed by atoms with Crippen molar-refractivity contribution in [3.63, 3.8) is 0 Å². The van der Waals surface area contributed by atoms with E-state index >= 15 is 0 Å². The SMILES string of the molecule is CC(C)(C(=O)NCC(F)(F)C(F)(F)F)C(=O)NC1C(=O)Nc2cc(F)ccc2OC1CCO. The Morgan fingerprint density at radius 2 is 1.79 bits per heavy atom. The van der Waals surface area contributed by atoms with Crippen molar-refractivity contribution in [3.8, 4) is 5.75 Å². The Morgan fingerprint density at radius 1 is 1.15 bits per heavy atom. The highest BCUT2D eigenvalue weighted by Crippen LogP contribution is 2.35. The predicted octanol–water partition coefficient (Wildman–Crippen LogP) is 1.73. The minimum absolute atomic E-state index is 0.0336. The van der Waals surface area contributed by atoms with Crippen molar-refractivity contribution >= 4 is 23.4 Å². The van der Waals surface area contributed by atoms with E-state index in [1.807, 2.05) is 0 Å². The number of hydrogen-bond donors (Lipinski definition) is 4. The van der Waals surface area contributed by atoms with Gasteiger partial charge in [0.2, 0.25) is 11.8 Å². The lowest BCUT2D eigenvalue weighted by Gasteiger charge is -2.29. The van der Waals surface area contributed by atoms with E-state index in [-0.39, 0.29) is 17.9 Å². The van der Waals surface area contributed by atoms with Crippen LogP contribution in [0.4, 0.5) is 32.0 Å².